The number of aromatic nitrogens is 2. The number of sulfonamides is 1. The summed E-state index contributed by atoms with van der Waals surface area (Å²) in [5.41, 5.74) is 2.70. The van der Waals surface area contributed by atoms with Crippen molar-refractivity contribution in [3.63, 3.8) is 0 Å². The fourth-order valence-electron chi connectivity index (χ4n) is 2.71. The van der Waals surface area contributed by atoms with Gasteiger partial charge in [0.2, 0.25) is 10.0 Å². The number of nitrogens with zero attached hydrogens (tertiary/aromatic N) is 2. The van der Waals surface area contributed by atoms with E-state index in [1.54, 1.807) is 18.5 Å². The van der Waals surface area contributed by atoms with Crippen LogP contribution in [0.5, 0.6) is 0 Å². The van der Waals surface area contributed by atoms with Crippen molar-refractivity contribution >= 4 is 10.0 Å². The third-order valence-corrected chi connectivity index (χ3v) is 5.59. The minimum atomic E-state index is -4.39. The summed E-state index contributed by atoms with van der Waals surface area (Å²) >= 11 is 0. The van der Waals surface area contributed by atoms with Crippen molar-refractivity contribution in [2.75, 3.05) is 0 Å². The lowest BCUT2D eigenvalue weighted by atomic mass is 10.2. The Morgan fingerprint density at radius 1 is 1.00 bits per heavy atom. The van der Waals surface area contributed by atoms with Crippen LogP contribution in [-0.4, -0.2) is 18.2 Å². The molecule has 1 aromatic heterocycles. The summed E-state index contributed by atoms with van der Waals surface area (Å²) in [6.07, 6.45) is 0. The van der Waals surface area contributed by atoms with E-state index in [-0.39, 0.29) is 6.54 Å². The van der Waals surface area contributed by atoms with Gasteiger partial charge in [-0.25, -0.2) is 31.0 Å². The van der Waals surface area contributed by atoms with Gasteiger partial charge in [0.05, 0.1) is 11.4 Å². The molecule has 5 nitrogen and oxygen atoms in total. The number of rotatable bonds is 5. The first-order valence-corrected chi connectivity index (χ1v) is 9.44. The molecule has 0 bridgehead atoms. The monoisotopic (exact) mass is 395 g/mol. The first-order valence-electron chi connectivity index (χ1n) is 7.96. The van der Waals surface area contributed by atoms with Crippen LogP contribution in [0.2, 0.25) is 0 Å². The van der Waals surface area contributed by atoms with Crippen molar-refractivity contribution in [3.05, 3.63) is 76.9 Å². The Hall–Kier alpha value is -2.65. The summed E-state index contributed by atoms with van der Waals surface area (Å²) in [4.78, 5) is -0.952. The molecule has 0 spiro atoms. The van der Waals surface area contributed by atoms with Crippen molar-refractivity contribution < 1.29 is 21.6 Å². The van der Waals surface area contributed by atoms with Gasteiger partial charge < -0.3 is 0 Å². The van der Waals surface area contributed by atoms with E-state index in [9.17, 15) is 21.6 Å². The molecule has 142 valence electrons. The molecule has 0 aliphatic rings. The fraction of sp³-hybridized carbons (Fsp3) is 0.167. The predicted octanol–water partition coefficient (Wildman–Crippen LogP) is 3.38. The van der Waals surface area contributed by atoms with Crippen molar-refractivity contribution in [2.45, 2.75) is 25.3 Å². The van der Waals surface area contributed by atoms with E-state index in [2.05, 4.69) is 9.82 Å². The number of halogens is 3. The van der Waals surface area contributed by atoms with E-state index in [0.717, 1.165) is 5.69 Å². The summed E-state index contributed by atoms with van der Waals surface area (Å²) < 4.78 is 68.7. The highest BCUT2D eigenvalue weighted by molar-refractivity contribution is 7.89. The van der Waals surface area contributed by atoms with Gasteiger partial charge in [0.25, 0.3) is 0 Å². The van der Waals surface area contributed by atoms with Crippen molar-refractivity contribution in [3.8, 4) is 5.69 Å². The van der Waals surface area contributed by atoms with Crippen molar-refractivity contribution in [2.24, 2.45) is 0 Å². The molecular weight excluding hydrogens is 379 g/mol. The number of para-hydroxylation sites is 1. The number of benzene rings is 2. The Bertz CT molecular complexity index is 1100. The molecule has 3 aromatic rings. The molecule has 0 aliphatic heterocycles. The maximum Gasteiger partial charge on any atom is 0.243 e. The minimum Gasteiger partial charge on any atom is -0.238 e. The van der Waals surface area contributed by atoms with Gasteiger partial charge >= 0.3 is 0 Å². The zero-order valence-corrected chi connectivity index (χ0v) is 15.3. The van der Waals surface area contributed by atoms with E-state index in [1.807, 2.05) is 30.3 Å². The van der Waals surface area contributed by atoms with Crippen LogP contribution in [-0.2, 0) is 16.6 Å². The molecule has 0 amide bonds. The molecule has 0 saturated carbocycles. The molecule has 2 aromatic carbocycles. The summed E-state index contributed by atoms with van der Waals surface area (Å²) in [5, 5.41) is 4.40. The lowest BCUT2D eigenvalue weighted by Crippen LogP contribution is -2.25. The maximum atomic E-state index is 13.8. The second kappa shape index (κ2) is 7.16. The second-order valence-electron chi connectivity index (χ2n) is 5.89. The summed E-state index contributed by atoms with van der Waals surface area (Å²) in [7, 11) is -4.39. The normalized spacial score (nSPS) is 11.7. The van der Waals surface area contributed by atoms with E-state index < -0.39 is 32.4 Å². The van der Waals surface area contributed by atoms with Crippen LogP contribution in [0.25, 0.3) is 5.69 Å². The number of hydrogen-bond donors (Lipinski definition) is 1. The van der Waals surface area contributed by atoms with Gasteiger partial charge in [-0.05, 0) is 38.1 Å². The maximum absolute atomic E-state index is 13.8. The zero-order chi connectivity index (χ0) is 19.8. The largest absolute Gasteiger partial charge is 0.243 e. The van der Waals surface area contributed by atoms with Gasteiger partial charge in [0.1, 0.15) is 4.90 Å². The van der Waals surface area contributed by atoms with Gasteiger partial charge in [-0.15, -0.1) is 0 Å². The highest BCUT2D eigenvalue weighted by Crippen LogP contribution is 2.21. The first kappa shape index (κ1) is 19.1. The summed E-state index contributed by atoms with van der Waals surface area (Å²) in [6, 6.07) is 10.5. The van der Waals surface area contributed by atoms with Crippen molar-refractivity contribution in [1.29, 1.82) is 0 Å². The third-order valence-electron chi connectivity index (χ3n) is 4.17. The predicted molar refractivity (Wildman–Crippen MR) is 93.4 cm³/mol. The van der Waals surface area contributed by atoms with Gasteiger partial charge in [0.15, 0.2) is 17.5 Å². The fourth-order valence-corrected chi connectivity index (χ4v) is 3.77. The highest BCUT2D eigenvalue weighted by atomic mass is 32.2. The zero-order valence-electron chi connectivity index (χ0n) is 14.5. The lowest BCUT2D eigenvalue weighted by molar-refractivity contribution is 0.431. The van der Waals surface area contributed by atoms with E-state index in [1.165, 1.54) is 0 Å². The third kappa shape index (κ3) is 3.60. The van der Waals surface area contributed by atoms with Gasteiger partial charge in [0, 0.05) is 17.8 Å². The lowest BCUT2D eigenvalue weighted by Gasteiger charge is -2.09. The van der Waals surface area contributed by atoms with Crippen LogP contribution in [0.15, 0.2) is 47.4 Å². The second-order valence-corrected chi connectivity index (χ2v) is 7.63. The molecule has 0 fully saturated rings. The van der Waals surface area contributed by atoms with Gasteiger partial charge in [-0.1, -0.05) is 18.2 Å². The Labute approximate surface area is 154 Å². The van der Waals surface area contributed by atoms with Crippen LogP contribution in [0.1, 0.15) is 17.0 Å². The number of hydrogen-bond acceptors (Lipinski definition) is 3. The molecule has 0 unspecified atom stereocenters. The Morgan fingerprint density at radius 3 is 2.33 bits per heavy atom. The Kier molecular flexibility index (Phi) is 5.07. The standard InChI is InChI=1S/C18H16F3N3O2S/c1-11-14(12(2)24(23-11)13-6-4-3-5-7-13)10-22-27(25,26)16-9-8-15(19)17(20)18(16)21/h3-9,22H,10H2,1-2H3. The van der Waals surface area contributed by atoms with Crippen LogP contribution in [0, 0.1) is 31.3 Å². The molecule has 1 N–H and O–H groups in total. The highest BCUT2D eigenvalue weighted by Gasteiger charge is 2.24. The summed E-state index contributed by atoms with van der Waals surface area (Å²) in [5.74, 6) is -5.04. The number of aryl methyl sites for hydroxylation is 1. The first-order chi connectivity index (χ1) is 12.7. The van der Waals surface area contributed by atoms with Crippen LogP contribution < -0.4 is 4.72 Å². The van der Waals surface area contributed by atoms with E-state index >= 15 is 0 Å². The molecule has 0 radical (unpaired) electrons. The Morgan fingerprint density at radius 2 is 1.67 bits per heavy atom. The average Bonchev–Trinajstić information content (AvgIpc) is 2.92. The molecule has 3 rings (SSSR count). The van der Waals surface area contributed by atoms with Gasteiger partial charge in [-0.3, -0.25) is 0 Å². The molecule has 27 heavy (non-hydrogen) atoms. The summed E-state index contributed by atoms with van der Waals surface area (Å²) in [6.45, 7) is 3.31. The van der Waals surface area contributed by atoms with Gasteiger partial charge in [-0.2, -0.15) is 5.10 Å². The quantitative estimate of drug-likeness (QED) is 0.674. The van der Waals surface area contributed by atoms with Crippen LogP contribution >= 0.6 is 0 Å². The molecule has 0 atom stereocenters. The van der Waals surface area contributed by atoms with Crippen molar-refractivity contribution in [1.82, 2.24) is 14.5 Å². The van der Waals surface area contributed by atoms with Crippen LogP contribution in [0.3, 0.4) is 0 Å². The average molecular weight is 395 g/mol. The van der Waals surface area contributed by atoms with Crippen LogP contribution in [0.4, 0.5) is 13.2 Å². The topological polar surface area (TPSA) is 64.0 Å². The molecule has 0 aliphatic carbocycles. The Balaban J connectivity index is 1.89. The van der Waals surface area contributed by atoms with E-state index in [4.69, 9.17) is 0 Å². The molecule has 9 heteroatoms. The molecule has 1 heterocycles. The van der Waals surface area contributed by atoms with E-state index in [0.29, 0.717) is 29.1 Å². The smallest absolute Gasteiger partial charge is 0.238 e. The number of nitrogens with one attached hydrogen (secondary N) is 1. The molecular formula is C18H16F3N3O2S. The minimum absolute atomic E-state index is 0.175. The molecule has 0 saturated heterocycles. The SMILES string of the molecule is Cc1nn(-c2ccccc2)c(C)c1CNS(=O)(=O)c1ccc(F)c(F)c1F.